The Morgan fingerprint density at radius 3 is 2.18 bits per heavy atom. The number of amides is 1. The summed E-state index contributed by atoms with van der Waals surface area (Å²) < 4.78 is 1.91. The van der Waals surface area contributed by atoms with Gasteiger partial charge in [-0.05, 0) is 85.7 Å². The largest absolute Gasteiger partial charge is 0.388 e. The topological polar surface area (TPSA) is 99.9 Å². The number of aromatic amines is 1. The monoisotopic (exact) mass is 722 g/mol. The van der Waals surface area contributed by atoms with Crippen molar-refractivity contribution >= 4 is 27.7 Å². The van der Waals surface area contributed by atoms with Crippen molar-refractivity contribution in [1.82, 2.24) is 29.9 Å². The van der Waals surface area contributed by atoms with Crippen molar-refractivity contribution in [3.8, 4) is 11.3 Å². The van der Waals surface area contributed by atoms with Gasteiger partial charge in [0.05, 0.1) is 29.4 Å². The van der Waals surface area contributed by atoms with E-state index in [1.54, 1.807) is 6.20 Å². The third kappa shape index (κ3) is 6.18. The second-order valence-electron chi connectivity index (χ2n) is 14.8. The quantitative estimate of drug-likeness (QED) is 0.145. The first-order valence-electron chi connectivity index (χ1n) is 19.0. The van der Waals surface area contributed by atoms with Crippen LogP contribution in [0.25, 0.3) is 33.1 Å². The molecule has 8 heteroatoms. The summed E-state index contributed by atoms with van der Waals surface area (Å²) in [5.74, 6) is -0.129. The highest BCUT2D eigenvalue weighted by Crippen LogP contribution is 2.48. The van der Waals surface area contributed by atoms with Gasteiger partial charge in [0.25, 0.3) is 5.91 Å². The number of aromatic nitrogens is 5. The lowest BCUT2D eigenvalue weighted by Gasteiger charge is -2.52. The molecule has 1 amide bonds. The lowest BCUT2D eigenvalue weighted by Crippen LogP contribution is -2.59. The molecule has 9 rings (SSSR count). The molecule has 8 aromatic rings. The fourth-order valence-electron chi connectivity index (χ4n) is 8.85. The fraction of sp³-hybridized carbons (Fsp3) is 0.191. The van der Waals surface area contributed by atoms with E-state index in [0.717, 1.165) is 68.3 Å². The van der Waals surface area contributed by atoms with Gasteiger partial charge in [-0.1, -0.05) is 109 Å². The number of nitrogens with zero attached hydrogens (tertiary/aromatic N) is 5. The van der Waals surface area contributed by atoms with Crippen LogP contribution in [0.5, 0.6) is 0 Å². The lowest BCUT2D eigenvalue weighted by atomic mass is 9.72. The van der Waals surface area contributed by atoms with Crippen LogP contribution >= 0.6 is 0 Å². The smallest absolute Gasteiger partial charge is 0.255 e. The maximum Gasteiger partial charge on any atom is 0.255 e. The summed E-state index contributed by atoms with van der Waals surface area (Å²) in [6.45, 7) is 2.28. The van der Waals surface area contributed by atoms with Crippen molar-refractivity contribution in [3.05, 3.63) is 186 Å². The Bertz CT molecular complexity index is 2500. The van der Waals surface area contributed by atoms with Gasteiger partial charge in [0.1, 0.15) is 11.2 Å². The molecule has 8 nitrogen and oxygen atoms in total. The molecule has 0 spiro atoms. The van der Waals surface area contributed by atoms with Gasteiger partial charge in [0.2, 0.25) is 0 Å². The molecule has 1 fully saturated rings. The molecule has 0 radical (unpaired) electrons. The van der Waals surface area contributed by atoms with Gasteiger partial charge < -0.3 is 10.0 Å². The number of para-hydroxylation sites is 1. The highest BCUT2D eigenvalue weighted by molar-refractivity contribution is 6.02. The molecule has 3 aromatic heterocycles. The number of fused-ring (bicyclic) bond motifs is 2. The molecule has 55 heavy (non-hydrogen) atoms. The summed E-state index contributed by atoms with van der Waals surface area (Å²) in [7, 11) is 0. The van der Waals surface area contributed by atoms with E-state index >= 15 is 4.79 Å². The summed E-state index contributed by atoms with van der Waals surface area (Å²) in [5, 5.41) is 27.1. The zero-order chi connectivity index (χ0) is 37.4. The minimum absolute atomic E-state index is 0.129. The van der Waals surface area contributed by atoms with E-state index in [1.165, 1.54) is 0 Å². The highest BCUT2D eigenvalue weighted by atomic mass is 16.3. The molecule has 1 aliphatic carbocycles. The number of aliphatic hydroxyl groups is 1. The minimum Gasteiger partial charge on any atom is -0.388 e. The van der Waals surface area contributed by atoms with E-state index in [0.29, 0.717) is 24.9 Å². The predicted octanol–water partition coefficient (Wildman–Crippen LogP) is 9.09. The van der Waals surface area contributed by atoms with Gasteiger partial charge in [-0.2, -0.15) is 10.2 Å². The molecule has 3 heterocycles. The van der Waals surface area contributed by atoms with Gasteiger partial charge in [0.15, 0.2) is 0 Å². The van der Waals surface area contributed by atoms with Gasteiger partial charge in [0, 0.05) is 39.8 Å². The number of carbonyl (C=O) groups is 1. The van der Waals surface area contributed by atoms with Crippen molar-refractivity contribution < 1.29 is 9.90 Å². The normalized spacial score (nSPS) is 17.4. The summed E-state index contributed by atoms with van der Waals surface area (Å²) >= 11 is 0. The van der Waals surface area contributed by atoms with Crippen LogP contribution in [0.1, 0.15) is 58.4 Å². The number of pyridine rings is 1. The second-order valence-corrected chi connectivity index (χ2v) is 14.8. The number of H-pyrrole nitrogens is 1. The van der Waals surface area contributed by atoms with Crippen molar-refractivity contribution in [3.63, 3.8) is 0 Å². The molecule has 272 valence electrons. The van der Waals surface area contributed by atoms with E-state index < -0.39 is 11.1 Å². The van der Waals surface area contributed by atoms with Crippen LogP contribution in [-0.4, -0.2) is 52.5 Å². The Morgan fingerprint density at radius 2 is 1.51 bits per heavy atom. The van der Waals surface area contributed by atoms with E-state index in [2.05, 4.69) is 51.4 Å². The molecule has 1 saturated carbocycles. The van der Waals surface area contributed by atoms with Crippen molar-refractivity contribution in [2.24, 2.45) is 0 Å². The zero-order valence-electron chi connectivity index (χ0n) is 30.7. The highest BCUT2D eigenvalue weighted by Gasteiger charge is 2.50. The second kappa shape index (κ2) is 14.1. The van der Waals surface area contributed by atoms with Crippen LogP contribution in [0, 0.1) is 6.92 Å². The lowest BCUT2D eigenvalue weighted by molar-refractivity contribution is -0.0501. The number of nitrogens with one attached hydrogen (secondary N) is 1. The van der Waals surface area contributed by atoms with Crippen molar-refractivity contribution in [2.75, 3.05) is 0 Å². The van der Waals surface area contributed by atoms with Crippen LogP contribution < -0.4 is 0 Å². The zero-order valence-corrected chi connectivity index (χ0v) is 30.7. The third-order valence-corrected chi connectivity index (χ3v) is 11.3. The molecule has 5 aromatic carbocycles. The van der Waals surface area contributed by atoms with Gasteiger partial charge in [-0.15, -0.1) is 0 Å². The summed E-state index contributed by atoms with van der Waals surface area (Å²) in [6, 6.07) is 48.5. The number of hydrogen-bond donors (Lipinski definition) is 2. The van der Waals surface area contributed by atoms with Crippen molar-refractivity contribution in [2.45, 2.75) is 56.3 Å². The Kier molecular flexibility index (Phi) is 8.83. The van der Waals surface area contributed by atoms with Crippen LogP contribution in [-0.2, 0) is 12.1 Å². The first-order valence-corrected chi connectivity index (χ1v) is 19.0. The van der Waals surface area contributed by atoms with Gasteiger partial charge in [-0.25, -0.2) is 0 Å². The molecule has 0 aliphatic heterocycles. The van der Waals surface area contributed by atoms with E-state index in [-0.39, 0.29) is 11.9 Å². The van der Waals surface area contributed by atoms with E-state index in [9.17, 15) is 5.11 Å². The maximum atomic E-state index is 16.0. The summed E-state index contributed by atoms with van der Waals surface area (Å²) in [6.07, 6.45) is 6.07. The average Bonchev–Trinajstić information content (AvgIpc) is 3.84. The SMILES string of the molecule is Cc1cc(-c2n[nH]c3ccc(C(=O)N(C4CCCC(O)(Cn5ncc6ccccc65)C4)C(c4ccccc4)(c4ccccc4)c4ccccc4)cc23)ccn1. The molecule has 2 unspecified atom stereocenters. The first kappa shape index (κ1) is 34.4. The molecular formula is C47H42N6O2. The summed E-state index contributed by atoms with van der Waals surface area (Å²) in [5.41, 5.74) is 5.65. The maximum absolute atomic E-state index is 16.0. The van der Waals surface area contributed by atoms with Crippen LogP contribution in [0.2, 0.25) is 0 Å². The summed E-state index contributed by atoms with van der Waals surface area (Å²) in [4.78, 5) is 22.4. The van der Waals surface area contributed by atoms with Crippen LogP contribution in [0.3, 0.4) is 0 Å². The number of benzene rings is 5. The third-order valence-electron chi connectivity index (χ3n) is 11.3. The number of rotatable bonds is 9. The first-order chi connectivity index (χ1) is 26.9. The average molecular weight is 723 g/mol. The molecule has 2 atom stereocenters. The standard InChI is InChI=1S/C47H42N6O2/c1-33-28-34(25-27-48-33)44-41-29-35(23-24-42(41)50-51-44)45(54)53(40-21-13-26-46(55,30-40)32-52-43-22-12-11-14-36(43)31-49-52)47(37-15-5-2-6-16-37,38-17-7-3-8-18-38)39-19-9-4-10-20-39/h2-12,14-20,22-25,27-29,31,40,55H,13,21,26,30,32H2,1H3,(H,50,51). The Morgan fingerprint density at radius 1 is 0.855 bits per heavy atom. The van der Waals surface area contributed by atoms with E-state index in [4.69, 9.17) is 10.2 Å². The van der Waals surface area contributed by atoms with E-state index in [1.807, 2.05) is 127 Å². The number of aryl methyl sites for hydroxylation is 1. The molecule has 1 aliphatic rings. The Balaban J connectivity index is 1.25. The number of carbonyl (C=O) groups excluding carboxylic acids is 1. The Hall–Kier alpha value is -6.38. The molecular weight excluding hydrogens is 681 g/mol. The fourth-order valence-corrected chi connectivity index (χ4v) is 8.85. The number of hydrogen-bond acceptors (Lipinski definition) is 5. The molecule has 2 N–H and O–H groups in total. The van der Waals surface area contributed by atoms with Crippen LogP contribution in [0.15, 0.2) is 158 Å². The van der Waals surface area contributed by atoms with Gasteiger partial charge in [-0.3, -0.25) is 19.6 Å². The predicted molar refractivity (Wildman–Crippen MR) is 216 cm³/mol. The van der Waals surface area contributed by atoms with Crippen molar-refractivity contribution in [1.29, 1.82) is 0 Å². The van der Waals surface area contributed by atoms with Gasteiger partial charge >= 0.3 is 0 Å². The molecule has 0 bridgehead atoms. The minimum atomic E-state index is -1.12. The molecule has 0 saturated heterocycles. The van der Waals surface area contributed by atoms with Crippen LogP contribution in [0.4, 0.5) is 0 Å². The Labute approximate surface area is 320 Å².